The average Bonchev–Trinajstić information content (AvgIpc) is 2.37. The third-order valence-corrected chi connectivity index (χ3v) is 2.70. The maximum Gasteiger partial charge on any atom is 0.303 e. The monoisotopic (exact) mass is 265 g/mol. The van der Waals surface area contributed by atoms with E-state index in [1.165, 1.54) is 7.11 Å². The lowest BCUT2D eigenvalue weighted by atomic mass is 10.1. The van der Waals surface area contributed by atoms with Gasteiger partial charge in [0.2, 0.25) is 0 Å². The van der Waals surface area contributed by atoms with E-state index in [0.717, 1.165) is 5.56 Å². The highest BCUT2D eigenvalue weighted by Gasteiger charge is 2.11. The Morgan fingerprint density at radius 2 is 2.05 bits per heavy atom. The fourth-order valence-electron chi connectivity index (χ4n) is 1.70. The Morgan fingerprint density at radius 3 is 2.68 bits per heavy atom. The molecule has 5 heteroatoms. The number of carboxylic acid groups (broad SMARTS) is 1. The summed E-state index contributed by atoms with van der Waals surface area (Å²) >= 11 is 0. The molecule has 0 aliphatic heterocycles. The SMILES string of the molecule is COc1ccc(C)cc1C(=O)NCCCCC(=O)O. The fraction of sp³-hybridized carbons (Fsp3) is 0.429. The lowest BCUT2D eigenvalue weighted by Crippen LogP contribution is -2.25. The molecule has 1 rings (SSSR count). The molecule has 2 N–H and O–H groups in total. The van der Waals surface area contributed by atoms with Crippen molar-refractivity contribution in [3.8, 4) is 5.75 Å². The van der Waals surface area contributed by atoms with E-state index in [1.807, 2.05) is 13.0 Å². The van der Waals surface area contributed by atoms with Gasteiger partial charge in [-0.3, -0.25) is 9.59 Å². The summed E-state index contributed by atoms with van der Waals surface area (Å²) in [6.45, 7) is 2.37. The fourth-order valence-corrected chi connectivity index (χ4v) is 1.70. The molecule has 1 aromatic rings. The van der Waals surface area contributed by atoms with Crippen LogP contribution in [0.5, 0.6) is 5.75 Å². The zero-order valence-corrected chi connectivity index (χ0v) is 11.2. The van der Waals surface area contributed by atoms with Gasteiger partial charge in [0, 0.05) is 13.0 Å². The van der Waals surface area contributed by atoms with Crippen molar-refractivity contribution in [3.05, 3.63) is 29.3 Å². The highest BCUT2D eigenvalue weighted by atomic mass is 16.5. The zero-order valence-electron chi connectivity index (χ0n) is 11.2. The number of nitrogens with one attached hydrogen (secondary N) is 1. The van der Waals surface area contributed by atoms with Crippen LogP contribution in [0.2, 0.25) is 0 Å². The number of unbranched alkanes of at least 4 members (excludes halogenated alkanes) is 1. The summed E-state index contributed by atoms with van der Waals surface area (Å²) in [5.74, 6) is -0.476. The molecule has 5 nitrogen and oxygen atoms in total. The third kappa shape index (κ3) is 4.99. The number of carboxylic acids is 1. The molecule has 0 atom stereocenters. The summed E-state index contributed by atoms with van der Waals surface area (Å²) in [5.41, 5.74) is 1.48. The molecule has 0 unspecified atom stereocenters. The van der Waals surface area contributed by atoms with Crippen LogP contribution in [0.25, 0.3) is 0 Å². The zero-order chi connectivity index (χ0) is 14.3. The predicted octanol–water partition coefficient (Wildman–Crippen LogP) is 1.99. The topological polar surface area (TPSA) is 75.6 Å². The first kappa shape index (κ1) is 15.0. The standard InChI is InChI=1S/C14H19NO4/c1-10-6-7-12(19-2)11(9-10)14(18)15-8-4-3-5-13(16)17/h6-7,9H,3-5,8H2,1-2H3,(H,15,18)(H,16,17). The van der Waals surface area contributed by atoms with Crippen LogP contribution in [-0.2, 0) is 4.79 Å². The van der Waals surface area contributed by atoms with E-state index < -0.39 is 5.97 Å². The second-order valence-corrected chi connectivity index (χ2v) is 4.31. The van der Waals surface area contributed by atoms with E-state index in [2.05, 4.69) is 5.32 Å². The summed E-state index contributed by atoms with van der Waals surface area (Å²) in [7, 11) is 1.52. The Bertz CT molecular complexity index is 457. The van der Waals surface area contributed by atoms with Gasteiger partial charge in [-0.2, -0.15) is 0 Å². The Morgan fingerprint density at radius 1 is 1.32 bits per heavy atom. The van der Waals surface area contributed by atoms with E-state index in [0.29, 0.717) is 30.7 Å². The minimum atomic E-state index is -0.813. The molecule has 0 saturated carbocycles. The van der Waals surface area contributed by atoms with Crippen molar-refractivity contribution in [1.82, 2.24) is 5.32 Å². The molecule has 104 valence electrons. The molecule has 0 heterocycles. The number of aryl methyl sites for hydroxylation is 1. The van der Waals surface area contributed by atoms with Crippen LogP contribution in [0.3, 0.4) is 0 Å². The largest absolute Gasteiger partial charge is 0.496 e. The van der Waals surface area contributed by atoms with Crippen molar-refractivity contribution in [3.63, 3.8) is 0 Å². The molecule has 1 amide bonds. The summed E-state index contributed by atoms with van der Waals surface area (Å²) in [4.78, 5) is 22.3. The van der Waals surface area contributed by atoms with Crippen molar-refractivity contribution in [2.75, 3.05) is 13.7 Å². The van der Waals surface area contributed by atoms with Gasteiger partial charge in [-0.15, -0.1) is 0 Å². The summed E-state index contributed by atoms with van der Waals surface area (Å²) in [6.07, 6.45) is 1.33. The maximum atomic E-state index is 12.0. The number of hydrogen-bond acceptors (Lipinski definition) is 3. The number of benzene rings is 1. The van der Waals surface area contributed by atoms with Gasteiger partial charge in [0.15, 0.2) is 0 Å². The van der Waals surface area contributed by atoms with Gasteiger partial charge in [0.25, 0.3) is 5.91 Å². The van der Waals surface area contributed by atoms with Gasteiger partial charge in [0.05, 0.1) is 12.7 Å². The Hall–Kier alpha value is -2.04. The molecular formula is C14H19NO4. The van der Waals surface area contributed by atoms with Crippen molar-refractivity contribution >= 4 is 11.9 Å². The van der Waals surface area contributed by atoms with Crippen LogP contribution in [0.4, 0.5) is 0 Å². The molecule has 0 spiro atoms. The van der Waals surface area contributed by atoms with Gasteiger partial charge in [0.1, 0.15) is 5.75 Å². The number of hydrogen-bond donors (Lipinski definition) is 2. The molecule has 19 heavy (non-hydrogen) atoms. The maximum absolute atomic E-state index is 12.0. The quantitative estimate of drug-likeness (QED) is 0.739. The van der Waals surface area contributed by atoms with Gasteiger partial charge in [-0.05, 0) is 31.9 Å². The van der Waals surface area contributed by atoms with Gasteiger partial charge in [-0.25, -0.2) is 0 Å². The lowest BCUT2D eigenvalue weighted by molar-refractivity contribution is -0.137. The Kier molecular flexibility index (Phi) is 5.85. The first-order valence-corrected chi connectivity index (χ1v) is 6.19. The normalized spacial score (nSPS) is 10.0. The first-order chi connectivity index (χ1) is 9.04. The summed E-state index contributed by atoms with van der Waals surface area (Å²) in [5, 5.41) is 11.3. The molecule has 1 aromatic carbocycles. The molecular weight excluding hydrogens is 246 g/mol. The number of rotatable bonds is 7. The summed E-state index contributed by atoms with van der Waals surface area (Å²) in [6, 6.07) is 5.41. The van der Waals surface area contributed by atoms with Gasteiger partial charge in [-0.1, -0.05) is 11.6 Å². The number of carbonyl (C=O) groups excluding carboxylic acids is 1. The third-order valence-electron chi connectivity index (χ3n) is 2.70. The smallest absolute Gasteiger partial charge is 0.303 e. The van der Waals surface area contributed by atoms with E-state index in [9.17, 15) is 9.59 Å². The van der Waals surface area contributed by atoms with E-state index in [4.69, 9.17) is 9.84 Å². The van der Waals surface area contributed by atoms with Gasteiger partial charge >= 0.3 is 5.97 Å². The number of carbonyl (C=O) groups is 2. The molecule has 0 aliphatic rings. The second kappa shape index (κ2) is 7.41. The van der Waals surface area contributed by atoms with Crippen LogP contribution < -0.4 is 10.1 Å². The molecule has 0 radical (unpaired) electrons. The van der Waals surface area contributed by atoms with Gasteiger partial charge < -0.3 is 15.2 Å². The van der Waals surface area contributed by atoms with E-state index in [-0.39, 0.29) is 12.3 Å². The van der Waals surface area contributed by atoms with Crippen molar-refractivity contribution in [1.29, 1.82) is 0 Å². The number of ether oxygens (including phenoxy) is 1. The lowest BCUT2D eigenvalue weighted by Gasteiger charge is -2.10. The highest BCUT2D eigenvalue weighted by Crippen LogP contribution is 2.19. The van der Waals surface area contributed by atoms with Crippen LogP contribution in [0.15, 0.2) is 18.2 Å². The molecule has 0 bridgehead atoms. The minimum absolute atomic E-state index is 0.129. The predicted molar refractivity (Wildman–Crippen MR) is 71.6 cm³/mol. The van der Waals surface area contributed by atoms with Crippen molar-refractivity contribution in [2.45, 2.75) is 26.2 Å². The van der Waals surface area contributed by atoms with E-state index in [1.54, 1.807) is 12.1 Å². The highest BCUT2D eigenvalue weighted by molar-refractivity contribution is 5.97. The Labute approximate surface area is 112 Å². The first-order valence-electron chi connectivity index (χ1n) is 6.19. The summed E-state index contributed by atoms with van der Waals surface area (Å²) < 4.78 is 5.14. The van der Waals surface area contributed by atoms with Crippen LogP contribution in [0.1, 0.15) is 35.2 Å². The van der Waals surface area contributed by atoms with Crippen molar-refractivity contribution in [2.24, 2.45) is 0 Å². The minimum Gasteiger partial charge on any atom is -0.496 e. The number of aliphatic carboxylic acids is 1. The van der Waals surface area contributed by atoms with Crippen molar-refractivity contribution < 1.29 is 19.4 Å². The number of methoxy groups -OCH3 is 1. The number of amides is 1. The molecule has 0 aromatic heterocycles. The van der Waals surface area contributed by atoms with Crippen LogP contribution in [0, 0.1) is 6.92 Å². The second-order valence-electron chi connectivity index (χ2n) is 4.31. The van der Waals surface area contributed by atoms with Crippen LogP contribution >= 0.6 is 0 Å². The van der Waals surface area contributed by atoms with Crippen LogP contribution in [-0.4, -0.2) is 30.6 Å². The average molecular weight is 265 g/mol. The Balaban J connectivity index is 2.49. The molecule has 0 aliphatic carbocycles. The van der Waals surface area contributed by atoms with E-state index >= 15 is 0 Å². The molecule has 0 fully saturated rings. The molecule has 0 saturated heterocycles.